The number of rotatable bonds is 8. The van der Waals surface area contributed by atoms with Gasteiger partial charge in [-0.05, 0) is 120 Å². The van der Waals surface area contributed by atoms with Crippen LogP contribution in [-0.4, -0.2) is 30.0 Å². The van der Waals surface area contributed by atoms with Crippen molar-refractivity contribution in [3.8, 4) is 24.0 Å². The summed E-state index contributed by atoms with van der Waals surface area (Å²) in [5.41, 5.74) is 12.1. The zero-order valence-electron chi connectivity index (χ0n) is 28.5. The van der Waals surface area contributed by atoms with Crippen molar-refractivity contribution in [2.75, 3.05) is 24.6 Å². The Morgan fingerprint density at radius 2 is 1.64 bits per heavy atom. The van der Waals surface area contributed by atoms with Crippen LogP contribution in [0.5, 0.6) is 11.5 Å². The van der Waals surface area contributed by atoms with E-state index in [4.69, 9.17) is 27.5 Å². The lowest BCUT2D eigenvalue weighted by atomic mass is 9.80. The molecule has 45 heavy (non-hydrogen) atoms. The molecule has 0 fully saturated rings. The number of nitrogens with zero attached hydrogens (tertiary/aromatic N) is 2. The maximum Gasteiger partial charge on any atom is 0.212 e. The number of fused-ring (bicyclic) bond motifs is 2. The number of benzene rings is 2. The normalized spacial score (nSPS) is 20.3. The quantitative estimate of drug-likeness (QED) is 0.216. The first kappa shape index (κ1) is 32.7. The predicted molar refractivity (Wildman–Crippen MR) is 190 cm³/mol. The lowest BCUT2D eigenvalue weighted by Gasteiger charge is -2.26. The van der Waals surface area contributed by atoms with E-state index >= 15 is 0 Å². The maximum absolute atomic E-state index is 7.18. The van der Waals surface area contributed by atoms with E-state index < -0.39 is 0 Å². The second-order valence-electron chi connectivity index (χ2n) is 13.3. The van der Waals surface area contributed by atoms with Crippen LogP contribution in [0.3, 0.4) is 0 Å². The molecule has 0 saturated heterocycles. The molecule has 0 aromatic heterocycles. The summed E-state index contributed by atoms with van der Waals surface area (Å²) in [6.07, 6.45) is 19.9. The number of anilines is 1. The molecule has 0 radical (unpaired) electrons. The van der Waals surface area contributed by atoms with Crippen LogP contribution in [-0.2, 0) is 10.8 Å². The van der Waals surface area contributed by atoms with Crippen LogP contribution in [0, 0.1) is 26.4 Å². The first-order valence-electron chi connectivity index (χ1n) is 16.4. The van der Waals surface area contributed by atoms with Crippen molar-refractivity contribution in [3.63, 3.8) is 0 Å². The highest BCUT2D eigenvalue weighted by Gasteiger charge is 2.45. The fourth-order valence-corrected chi connectivity index (χ4v) is 7.87. The van der Waals surface area contributed by atoms with Gasteiger partial charge in [-0.25, -0.2) is 0 Å². The van der Waals surface area contributed by atoms with Crippen molar-refractivity contribution < 1.29 is 14.0 Å². The molecule has 2 aromatic rings. The van der Waals surface area contributed by atoms with E-state index in [0.29, 0.717) is 12.4 Å². The highest BCUT2D eigenvalue weighted by Crippen LogP contribution is 2.51. The van der Waals surface area contributed by atoms with Crippen molar-refractivity contribution in [1.29, 1.82) is 0 Å². The van der Waals surface area contributed by atoms with E-state index in [9.17, 15) is 0 Å². The fourth-order valence-electron chi connectivity index (χ4n) is 7.55. The number of likely N-dealkylation sites (N-methyl/N-ethyl adjacent to an activating group) is 1. The molecule has 236 valence electrons. The van der Waals surface area contributed by atoms with Crippen molar-refractivity contribution in [3.05, 3.63) is 92.7 Å². The molecule has 2 aromatic carbocycles. The van der Waals surface area contributed by atoms with Gasteiger partial charge in [0.2, 0.25) is 5.69 Å². The smallest absolute Gasteiger partial charge is 0.212 e. The first-order chi connectivity index (χ1) is 21.4. The Labute approximate surface area is 275 Å². The summed E-state index contributed by atoms with van der Waals surface area (Å²) in [5, 5.41) is 0.874. The van der Waals surface area contributed by atoms with E-state index in [1.165, 1.54) is 50.6 Å². The molecule has 0 spiro atoms. The van der Waals surface area contributed by atoms with Crippen LogP contribution >= 0.6 is 11.6 Å². The lowest BCUT2D eigenvalue weighted by Crippen LogP contribution is -2.27. The number of hydrogen-bond donors (Lipinski definition) is 0. The van der Waals surface area contributed by atoms with Gasteiger partial charge in [-0.15, -0.1) is 0 Å². The average Bonchev–Trinajstić information content (AvgIpc) is 3.35. The van der Waals surface area contributed by atoms with Gasteiger partial charge in [-0.2, -0.15) is 4.58 Å². The lowest BCUT2D eigenvalue weighted by molar-refractivity contribution is -0.433. The molecule has 0 amide bonds. The van der Waals surface area contributed by atoms with Crippen LogP contribution in [0.15, 0.2) is 70.4 Å². The van der Waals surface area contributed by atoms with Crippen LogP contribution in [0.25, 0.3) is 0 Å². The zero-order chi connectivity index (χ0) is 32.7. The van der Waals surface area contributed by atoms with Gasteiger partial charge in [0.15, 0.2) is 5.71 Å². The minimum Gasteiger partial charge on any atom is -0.494 e. The monoisotopic (exact) mass is 623 g/mol. The summed E-state index contributed by atoms with van der Waals surface area (Å²) in [6, 6.07) is 8.51. The van der Waals surface area contributed by atoms with E-state index in [1.54, 1.807) is 0 Å². The highest BCUT2D eigenvalue weighted by molar-refractivity contribution is 6.32. The van der Waals surface area contributed by atoms with Crippen molar-refractivity contribution in [1.82, 2.24) is 0 Å². The van der Waals surface area contributed by atoms with Crippen molar-refractivity contribution in [2.24, 2.45) is 0 Å². The number of ether oxygens (including phenoxy) is 2. The number of halogens is 1. The average molecular weight is 624 g/mol. The molecule has 2 heterocycles. The molecule has 2 aliphatic heterocycles. The van der Waals surface area contributed by atoms with Gasteiger partial charge >= 0.3 is 0 Å². The molecule has 0 bridgehead atoms. The summed E-state index contributed by atoms with van der Waals surface area (Å²) < 4.78 is 13.8. The molecule has 5 heteroatoms. The summed E-state index contributed by atoms with van der Waals surface area (Å²) in [6.45, 7) is 22.4. The molecule has 1 aliphatic carbocycles. The summed E-state index contributed by atoms with van der Waals surface area (Å²) in [4.78, 5) is 2.45. The van der Waals surface area contributed by atoms with Gasteiger partial charge in [-0.1, -0.05) is 44.0 Å². The van der Waals surface area contributed by atoms with Crippen LogP contribution in [0.4, 0.5) is 11.4 Å². The summed E-state index contributed by atoms with van der Waals surface area (Å²) in [7, 11) is 0. The Balaban J connectivity index is 1.50. The van der Waals surface area contributed by atoms with Gasteiger partial charge in [0.05, 0.1) is 12.0 Å². The van der Waals surface area contributed by atoms with Crippen LogP contribution < -0.4 is 14.4 Å². The Kier molecular flexibility index (Phi) is 9.16. The fraction of sp³-hybridized carbons (Fsp3) is 0.425. The third-order valence-corrected chi connectivity index (χ3v) is 10.2. The van der Waals surface area contributed by atoms with Gasteiger partial charge < -0.3 is 14.4 Å². The molecule has 0 N–H and O–H groups in total. The third kappa shape index (κ3) is 5.66. The standard InChI is InChI=1S/C40H48ClN2O2/c1-11-42-34(39(7,8)32-24-30(44-13-3)22-26(5)37(32)42)20-18-28-16-15-17-29(36(28)41)19-21-35-40(9,10)33-25-31(45-14-4)23-27(6)38(33)43(35)12-2/h3,18-25H,11-12,14-17H2,1-2,4-10H3/q+1. The van der Waals surface area contributed by atoms with Gasteiger partial charge in [-0.3, -0.25) is 0 Å². The Morgan fingerprint density at radius 3 is 2.31 bits per heavy atom. The number of hydrogen-bond acceptors (Lipinski definition) is 3. The van der Waals surface area contributed by atoms with E-state index in [1.807, 2.05) is 13.0 Å². The van der Waals surface area contributed by atoms with E-state index in [0.717, 1.165) is 48.7 Å². The Morgan fingerprint density at radius 1 is 0.933 bits per heavy atom. The number of allylic oxidation sites excluding steroid dienone is 8. The molecular weight excluding hydrogens is 576 g/mol. The van der Waals surface area contributed by atoms with Crippen LogP contribution in [0.1, 0.15) is 90.0 Å². The molecule has 0 unspecified atom stereocenters. The molecule has 4 nitrogen and oxygen atoms in total. The molecule has 5 rings (SSSR count). The SMILES string of the molecule is C#COc1cc(C)c2c(c1)C(C)(C)C(C=CC1=C(Cl)C(=CC=C3N(CC)c4c(C)cc(OCC)cc4C3(C)C)CCC1)=[N+]2CC. The van der Waals surface area contributed by atoms with Crippen LogP contribution in [0.2, 0.25) is 0 Å². The predicted octanol–water partition coefficient (Wildman–Crippen LogP) is 9.93. The minimum absolute atomic E-state index is 0.152. The number of aryl methyl sites for hydroxylation is 2. The minimum atomic E-state index is -0.210. The summed E-state index contributed by atoms with van der Waals surface area (Å²) >= 11 is 7.18. The van der Waals surface area contributed by atoms with Gasteiger partial charge in [0.1, 0.15) is 24.2 Å². The number of terminal acetylenes is 1. The molecule has 0 atom stereocenters. The zero-order valence-corrected chi connectivity index (χ0v) is 29.3. The van der Waals surface area contributed by atoms with E-state index in [-0.39, 0.29) is 10.8 Å². The van der Waals surface area contributed by atoms with E-state index in [2.05, 4.69) is 113 Å². The van der Waals surface area contributed by atoms with Crippen molar-refractivity contribution in [2.45, 2.75) is 92.4 Å². The Bertz CT molecular complexity index is 1730. The molecule has 0 saturated carbocycles. The molecular formula is C40H48ClN2O2+. The Hall–Kier alpha value is -3.68. The second-order valence-corrected chi connectivity index (χ2v) is 13.7. The van der Waals surface area contributed by atoms with Gasteiger partial charge in [0, 0.05) is 45.6 Å². The van der Waals surface area contributed by atoms with Crippen molar-refractivity contribution >= 4 is 28.7 Å². The molecule has 3 aliphatic rings. The first-order valence-corrected chi connectivity index (χ1v) is 16.7. The van der Waals surface area contributed by atoms with Gasteiger partial charge in [0.25, 0.3) is 0 Å². The topological polar surface area (TPSA) is 24.7 Å². The maximum atomic E-state index is 7.18. The third-order valence-electron chi connectivity index (χ3n) is 9.76. The highest BCUT2D eigenvalue weighted by atomic mass is 35.5. The largest absolute Gasteiger partial charge is 0.494 e. The second kappa shape index (κ2) is 12.6. The summed E-state index contributed by atoms with van der Waals surface area (Å²) in [5.74, 6) is 1.65.